The number of anilines is 1. The zero-order chi connectivity index (χ0) is 18.5. The van der Waals surface area contributed by atoms with Crippen LogP contribution in [0.15, 0.2) is 45.9 Å². The number of rotatable bonds is 6. The number of aromatic nitrogens is 3. The highest BCUT2D eigenvalue weighted by atomic mass is 32.2. The van der Waals surface area contributed by atoms with Gasteiger partial charge in [-0.05, 0) is 44.2 Å². The van der Waals surface area contributed by atoms with E-state index in [4.69, 9.17) is 9.26 Å². The summed E-state index contributed by atoms with van der Waals surface area (Å²) in [4.78, 5) is 21.0. The lowest BCUT2D eigenvalue weighted by molar-refractivity contribution is -0.113. The first-order valence-electron chi connectivity index (χ1n) is 7.89. The Morgan fingerprint density at radius 3 is 2.62 bits per heavy atom. The van der Waals surface area contributed by atoms with Crippen molar-refractivity contribution < 1.29 is 14.1 Å². The molecule has 2 heterocycles. The van der Waals surface area contributed by atoms with Crippen molar-refractivity contribution >= 4 is 23.5 Å². The Labute approximate surface area is 155 Å². The second-order valence-electron chi connectivity index (χ2n) is 5.56. The molecule has 0 saturated carbocycles. The van der Waals surface area contributed by atoms with Crippen molar-refractivity contribution in [1.29, 1.82) is 0 Å². The summed E-state index contributed by atoms with van der Waals surface area (Å²) in [5, 5.41) is 7.16. The number of hydrogen-bond donors (Lipinski definition) is 1. The standard InChI is InChI=1S/C18H18N4O3S/c1-11-8-17(26-10-16(23)20-15-9-12(2)25-22-15)21-18(19-11)13-4-6-14(24-3)7-5-13/h4-9H,10H2,1-3H3,(H,20,22,23). The van der Waals surface area contributed by atoms with Crippen LogP contribution in [0.2, 0.25) is 0 Å². The highest BCUT2D eigenvalue weighted by Crippen LogP contribution is 2.23. The van der Waals surface area contributed by atoms with Crippen LogP contribution in [0.4, 0.5) is 5.82 Å². The summed E-state index contributed by atoms with van der Waals surface area (Å²) < 4.78 is 10.1. The molecule has 3 rings (SSSR count). The van der Waals surface area contributed by atoms with Gasteiger partial charge in [0.05, 0.1) is 12.9 Å². The predicted octanol–water partition coefficient (Wildman–Crippen LogP) is 3.49. The van der Waals surface area contributed by atoms with Gasteiger partial charge in [0.25, 0.3) is 0 Å². The topological polar surface area (TPSA) is 90.1 Å². The van der Waals surface area contributed by atoms with E-state index in [1.165, 1.54) is 11.8 Å². The molecule has 26 heavy (non-hydrogen) atoms. The maximum atomic E-state index is 12.0. The number of carbonyl (C=O) groups is 1. The molecule has 1 aromatic carbocycles. The Morgan fingerprint density at radius 2 is 1.96 bits per heavy atom. The molecule has 3 aromatic rings. The molecule has 0 fully saturated rings. The van der Waals surface area contributed by atoms with Crippen LogP contribution >= 0.6 is 11.8 Å². The SMILES string of the molecule is COc1ccc(-c2nc(C)cc(SCC(=O)Nc3cc(C)on3)n2)cc1. The highest BCUT2D eigenvalue weighted by molar-refractivity contribution is 7.99. The first-order valence-corrected chi connectivity index (χ1v) is 8.88. The third-order valence-electron chi connectivity index (χ3n) is 3.43. The van der Waals surface area contributed by atoms with E-state index >= 15 is 0 Å². The summed E-state index contributed by atoms with van der Waals surface area (Å²) in [6.45, 7) is 3.67. The van der Waals surface area contributed by atoms with Crippen LogP contribution in [-0.4, -0.2) is 33.9 Å². The van der Waals surface area contributed by atoms with Gasteiger partial charge in [-0.1, -0.05) is 16.9 Å². The van der Waals surface area contributed by atoms with Crippen molar-refractivity contribution in [3.05, 3.63) is 47.9 Å². The second kappa shape index (κ2) is 8.01. The van der Waals surface area contributed by atoms with Crippen molar-refractivity contribution in [3.8, 4) is 17.1 Å². The van der Waals surface area contributed by atoms with Crippen LogP contribution in [-0.2, 0) is 4.79 Å². The molecule has 0 unspecified atom stereocenters. The van der Waals surface area contributed by atoms with Gasteiger partial charge in [0.2, 0.25) is 5.91 Å². The number of amides is 1. The molecule has 0 spiro atoms. The van der Waals surface area contributed by atoms with Gasteiger partial charge in [-0.2, -0.15) is 0 Å². The highest BCUT2D eigenvalue weighted by Gasteiger charge is 2.10. The van der Waals surface area contributed by atoms with Crippen LogP contribution in [0.3, 0.4) is 0 Å². The van der Waals surface area contributed by atoms with E-state index in [-0.39, 0.29) is 11.7 Å². The normalized spacial score (nSPS) is 10.6. The van der Waals surface area contributed by atoms with Crippen molar-refractivity contribution in [3.63, 3.8) is 0 Å². The lowest BCUT2D eigenvalue weighted by Crippen LogP contribution is -2.14. The summed E-state index contributed by atoms with van der Waals surface area (Å²) in [6, 6.07) is 11.1. The number of carbonyl (C=O) groups excluding carboxylic acids is 1. The third kappa shape index (κ3) is 4.60. The lowest BCUT2D eigenvalue weighted by Gasteiger charge is -2.07. The molecule has 1 N–H and O–H groups in total. The Hall–Kier alpha value is -2.87. The number of ether oxygens (including phenoxy) is 1. The molecular weight excluding hydrogens is 352 g/mol. The average molecular weight is 370 g/mol. The molecule has 0 bridgehead atoms. The minimum atomic E-state index is -0.175. The van der Waals surface area contributed by atoms with Gasteiger partial charge in [-0.3, -0.25) is 4.79 Å². The Morgan fingerprint density at radius 1 is 1.19 bits per heavy atom. The number of aryl methyl sites for hydroxylation is 2. The maximum Gasteiger partial charge on any atom is 0.236 e. The molecule has 8 heteroatoms. The molecule has 0 atom stereocenters. The second-order valence-corrected chi connectivity index (χ2v) is 6.55. The molecule has 0 aliphatic carbocycles. The molecule has 0 radical (unpaired) electrons. The van der Waals surface area contributed by atoms with Crippen molar-refractivity contribution in [2.24, 2.45) is 0 Å². The van der Waals surface area contributed by atoms with Crippen LogP contribution in [0.25, 0.3) is 11.4 Å². The number of nitrogens with zero attached hydrogens (tertiary/aromatic N) is 3. The van der Waals surface area contributed by atoms with Gasteiger partial charge < -0.3 is 14.6 Å². The van der Waals surface area contributed by atoms with Gasteiger partial charge in [0.1, 0.15) is 16.5 Å². The molecule has 2 aromatic heterocycles. The predicted molar refractivity (Wildman–Crippen MR) is 99.4 cm³/mol. The Kier molecular flexibility index (Phi) is 5.52. The molecule has 0 aliphatic heterocycles. The molecule has 1 amide bonds. The van der Waals surface area contributed by atoms with Gasteiger partial charge >= 0.3 is 0 Å². The Balaban J connectivity index is 1.68. The third-order valence-corrected chi connectivity index (χ3v) is 4.34. The minimum Gasteiger partial charge on any atom is -0.497 e. The van der Waals surface area contributed by atoms with Gasteiger partial charge in [-0.15, -0.1) is 0 Å². The molecule has 134 valence electrons. The monoisotopic (exact) mass is 370 g/mol. The van der Waals surface area contributed by atoms with Crippen molar-refractivity contribution in [1.82, 2.24) is 15.1 Å². The first-order chi connectivity index (χ1) is 12.5. The van der Waals surface area contributed by atoms with Gasteiger partial charge in [0.15, 0.2) is 11.6 Å². The minimum absolute atomic E-state index is 0.175. The average Bonchev–Trinajstić information content (AvgIpc) is 3.04. The van der Waals surface area contributed by atoms with Crippen molar-refractivity contribution in [2.75, 3.05) is 18.2 Å². The lowest BCUT2D eigenvalue weighted by atomic mass is 10.2. The summed E-state index contributed by atoms with van der Waals surface area (Å²) in [5.41, 5.74) is 1.72. The number of hydrogen-bond acceptors (Lipinski definition) is 7. The summed E-state index contributed by atoms with van der Waals surface area (Å²) >= 11 is 1.34. The quantitative estimate of drug-likeness (QED) is 0.525. The number of benzene rings is 1. The van der Waals surface area contributed by atoms with E-state index in [9.17, 15) is 4.79 Å². The zero-order valence-electron chi connectivity index (χ0n) is 14.6. The van der Waals surface area contributed by atoms with E-state index in [0.29, 0.717) is 17.4 Å². The molecular formula is C18H18N4O3S. The Bertz CT molecular complexity index is 909. The molecule has 7 nitrogen and oxygen atoms in total. The fourth-order valence-electron chi connectivity index (χ4n) is 2.23. The number of nitrogens with one attached hydrogen (secondary N) is 1. The number of thioether (sulfide) groups is 1. The number of methoxy groups -OCH3 is 1. The summed E-state index contributed by atoms with van der Waals surface area (Å²) in [7, 11) is 1.62. The molecule has 0 saturated heterocycles. The fourth-order valence-corrected chi connectivity index (χ4v) is 2.98. The smallest absolute Gasteiger partial charge is 0.236 e. The maximum absolute atomic E-state index is 12.0. The van der Waals surface area contributed by atoms with Gasteiger partial charge in [0, 0.05) is 17.3 Å². The van der Waals surface area contributed by atoms with E-state index in [1.807, 2.05) is 37.3 Å². The summed E-state index contributed by atoms with van der Waals surface area (Å²) in [6.07, 6.45) is 0. The zero-order valence-corrected chi connectivity index (χ0v) is 15.5. The van der Waals surface area contributed by atoms with Gasteiger partial charge in [-0.25, -0.2) is 9.97 Å². The van der Waals surface area contributed by atoms with E-state index in [0.717, 1.165) is 22.0 Å². The largest absolute Gasteiger partial charge is 0.497 e. The van der Waals surface area contributed by atoms with Crippen molar-refractivity contribution in [2.45, 2.75) is 18.9 Å². The van der Waals surface area contributed by atoms with Crippen LogP contribution in [0.5, 0.6) is 5.75 Å². The van der Waals surface area contributed by atoms with E-state index in [2.05, 4.69) is 20.4 Å². The van der Waals surface area contributed by atoms with E-state index < -0.39 is 0 Å². The summed E-state index contributed by atoms with van der Waals surface area (Å²) in [5.74, 6) is 2.48. The molecule has 0 aliphatic rings. The first kappa shape index (κ1) is 17.9. The van der Waals surface area contributed by atoms with E-state index in [1.54, 1.807) is 20.1 Å². The van der Waals surface area contributed by atoms with Crippen LogP contribution in [0.1, 0.15) is 11.5 Å². The van der Waals surface area contributed by atoms with Crippen LogP contribution in [0, 0.1) is 13.8 Å². The van der Waals surface area contributed by atoms with Crippen LogP contribution < -0.4 is 10.1 Å². The fraction of sp³-hybridized carbons (Fsp3) is 0.222.